The van der Waals surface area contributed by atoms with Gasteiger partial charge in [0.15, 0.2) is 0 Å². The highest BCUT2D eigenvalue weighted by Crippen LogP contribution is 2.22. The molecule has 2 amide bonds. The van der Waals surface area contributed by atoms with Gasteiger partial charge >= 0.3 is 0 Å². The second kappa shape index (κ2) is 9.47. The number of carbonyl (C=O) groups excluding carboxylic acids is 2. The minimum Gasteiger partial charge on any atom is -0.347 e. The third-order valence-corrected chi connectivity index (χ3v) is 3.71. The average Bonchev–Trinajstić information content (AvgIpc) is 2.53. The molecule has 1 unspecified atom stereocenters. The number of hydrogen-bond donors (Lipinski definition) is 2. The van der Waals surface area contributed by atoms with E-state index in [9.17, 15) is 14.0 Å². The van der Waals surface area contributed by atoms with Gasteiger partial charge in [-0.15, -0.1) is 12.4 Å². The van der Waals surface area contributed by atoms with E-state index in [1.807, 2.05) is 13.0 Å². The van der Waals surface area contributed by atoms with Crippen molar-refractivity contribution in [2.75, 3.05) is 26.2 Å². The highest BCUT2D eigenvalue weighted by Gasteiger charge is 2.27. The van der Waals surface area contributed by atoms with Crippen molar-refractivity contribution in [2.45, 2.75) is 25.8 Å². The molecule has 1 heterocycles. The van der Waals surface area contributed by atoms with Crippen LogP contribution >= 0.6 is 12.4 Å². The number of rotatable bonds is 5. The fraction of sp³-hybridized carbons (Fsp3) is 0.500. The van der Waals surface area contributed by atoms with E-state index in [-0.39, 0.29) is 42.6 Å². The molecule has 2 rings (SSSR count). The first-order valence-electron chi connectivity index (χ1n) is 7.64. The number of nitrogens with zero attached hydrogens (tertiary/aromatic N) is 1. The summed E-state index contributed by atoms with van der Waals surface area (Å²) in [6.07, 6.45) is 1.17. The third kappa shape index (κ3) is 5.48. The van der Waals surface area contributed by atoms with Crippen LogP contribution in [0.1, 0.15) is 31.4 Å². The zero-order valence-corrected chi connectivity index (χ0v) is 14.0. The molecule has 1 saturated heterocycles. The first-order valence-corrected chi connectivity index (χ1v) is 7.64. The Balaban J connectivity index is 0.00000264. The van der Waals surface area contributed by atoms with Gasteiger partial charge in [-0.1, -0.05) is 19.1 Å². The van der Waals surface area contributed by atoms with E-state index in [4.69, 9.17) is 0 Å². The Hall–Kier alpha value is -1.66. The minimum atomic E-state index is -0.313. The molecule has 1 fully saturated rings. The second-order valence-electron chi connectivity index (χ2n) is 5.39. The SMILES string of the molecule is CCCC(=O)NCC(=O)N1CCNCC1c1cccc(F)c1.Cl. The molecule has 23 heavy (non-hydrogen) atoms. The van der Waals surface area contributed by atoms with Crippen LogP contribution in [0, 0.1) is 5.82 Å². The van der Waals surface area contributed by atoms with E-state index in [0.29, 0.717) is 26.1 Å². The summed E-state index contributed by atoms with van der Waals surface area (Å²) >= 11 is 0. The van der Waals surface area contributed by atoms with Gasteiger partial charge in [0.2, 0.25) is 11.8 Å². The summed E-state index contributed by atoms with van der Waals surface area (Å²) in [5.74, 6) is -0.569. The summed E-state index contributed by atoms with van der Waals surface area (Å²) in [5, 5.41) is 5.86. The lowest BCUT2D eigenvalue weighted by molar-refractivity contribution is -0.135. The molecule has 0 saturated carbocycles. The topological polar surface area (TPSA) is 61.4 Å². The lowest BCUT2D eigenvalue weighted by Gasteiger charge is -2.36. The van der Waals surface area contributed by atoms with Gasteiger partial charge in [0.1, 0.15) is 5.82 Å². The summed E-state index contributed by atoms with van der Waals surface area (Å²) in [7, 11) is 0. The molecular formula is C16H23ClFN3O2. The Labute approximate surface area is 142 Å². The molecule has 1 aliphatic heterocycles. The first kappa shape index (κ1) is 19.4. The molecule has 0 spiro atoms. The van der Waals surface area contributed by atoms with Gasteiger partial charge in [0, 0.05) is 26.1 Å². The van der Waals surface area contributed by atoms with Crippen LogP contribution in [-0.2, 0) is 9.59 Å². The molecule has 7 heteroatoms. The second-order valence-corrected chi connectivity index (χ2v) is 5.39. The maximum absolute atomic E-state index is 13.4. The van der Waals surface area contributed by atoms with Crippen molar-refractivity contribution >= 4 is 24.2 Å². The number of amides is 2. The summed E-state index contributed by atoms with van der Waals surface area (Å²) in [6, 6.07) is 6.09. The van der Waals surface area contributed by atoms with Crippen LogP contribution in [0.25, 0.3) is 0 Å². The standard InChI is InChI=1S/C16H22FN3O2.ClH/c1-2-4-15(21)19-11-16(22)20-8-7-18-10-14(20)12-5-3-6-13(17)9-12;/h3,5-6,9,14,18H,2,4,7-8,10-11H2,1H3,(H,19,21);1H. The van der Waals surface area contributed by atoms with Crippen LogP contribution in [0.15, 0.2) is 24.3 Å². The lowest BCUT2D eigenvalue weighted by atomic mass is 10.0. The van der Waals surface area contributed by atoms with Crippen molar-refractivity contribution in [2.24, 2.45) is 0 Å². The normalized spacial score (nSPS) is 17.3. The molecule has 128 valence electrons. The van der Waals surface area contributed by atoms with E-state index in [2.05, 4.69) is 10.6 Å². The zero-order chi connectivity index (χ0) is 15.9. The van der Waals surface area contributed by atoms with E-state index < -0.39 is 0 Å². The Morgan fingerprint density at radius 2 is 2.22 bits per heavy atom. The molecule has 0 radical (unpaired) electrons. The fourth-order valence-electron chi connectivity index (χ4n) is 2.61. The van der Waals surface area contributed by atoms with Crippen LogP contribution < -0.4 is 10.6 Å². The highest BCUT2D eigenvalue weighted by molar-refractivity contribution is 5.85. The number of hydrogen-bond acceptors (Lipinski definition) is 3. The molecular weight excluding hydrogens is 321 g/mol. The Morgan fingerprint density at radius 3 is 2.91 bits per heavy atom. The summed E-state index contributed by atoms with van der Waals surface area (Å²) in [6.45, 7) is 3.73. The molecule has 2 N–H and O–H groups in total. The van der Waals surface area contributed by atoms with Gasteiger partial charge in [-0.3, -0.25) is 9.59 Å². The van der Waals surface area contributed by atoms with Crippen molar-refractivity contribution in [3.05, 3.63) is 35.6 Å². The summed E-state index contributed by atoms with van der Waals surface area (Å²) < 4.78 is 13.4. The number of benzene rings is 1. The van der Waals surface area contributed by atoms with Crippen LogP contribution in [0.3, 0.4) is 0 Å². The van der Waals surface area contributed by atoms with E-state index in [1.54, 1.807) is 11.0 Å². The average molecular weight is 344 g/mol. The molecule has 1 aliphatic rings. The van der Waals surface area contributed by atoms with Gasteiger partial charge < -0.3 is 15.5 Å². The number of nitrogens with one attached hydrogen (secondary N) is 2. The lowest BCUT2D eigenvalue weighted by Crippen LogP contribution is -2.51. The molecule has 1 atom stereocenters. The Morgan fingerprint density at radius 1 is 1.43 bits per heavy atom. The molecule has 5 nitrogen and oxygen atoms in total. The van der Waals surface area contributed by atoms with Crippen LogP contribution in [0.5, 0.6) is 0 Å². The Kier molecular flexibility index (Phi) is 7.98. The van der Waals surface area contributed by atoms with Crippen molar-refractivity contribution in [1.29, 1.82) is 0 Å². The third-order valence-electron chi connectivity index (χ3n) is 3.71. The van der Waals surface area contributed by atoms with E-state index in [0.717, 1.165) is 12.0 Å². The summed E-state index contributed by atoms with van der Waals surface area (Å²) in [4.78, 5) is 25.6. The monoisotopic (exact) mass is 343 g/mol. The van der Waals surface area contributed by atoms with Gasteiger partial charge in [-0.2, -0.15) is 0 Å². The largest absolute Gasteiger partial charge is 0.347 e. The van der Waals surface area contributed by atoms with E-state index in [1.165, 1.54) is 12.1 Å². The van der Waals surface area contributed by atoms with Crippen molar-refractivity contribution in [3.8, 4) is 0 Å². The van der Waals surface area contributed by atoms with Gasteiger partial charge in [-0.05, 0) is 24.1 Å². The minimum absolute atomic E-state index is 0. The van der Waals surface area contributed by atoms with Gasteiger partial charge in [0.05, 0.1) is 12.6 Å². The van der Waals surface area contributed by atoms with E-state index >= 15 is 0 Å². The first-order chi connectivity index (χ1) is 10.6. The maximum Gasteiger partial charge on any atom is 0.242 e. The Bertz CT molecular complexity index is 542. The number of halogens is 2. The van der Waals surface area contributed by atoms with Crippen molar-refractivity contribution in [3.63, 3.8) is 0 Å². The predicted molar refractivity (Wildman–Crippen MR) is 88.9 cm³/mol. The smallest absolute Gasteiger partial charge is 0.242 e. The quantitative estimate of drug-likeness (QED) is 0.854. The molecule has 0 aromatic heterocycles. The van der Waals surface area contributed by atoms with Crippen molar-refractivity contribution < 1.29 is 14.0 Å². The zero-order valence-electron chi connectivity index (χ0n) is 13.2. The van der Waals surface area contributed by atoms with Gasteiger partial charge in [0.25, 0.3) is 0 Å². The number of piperazine rings is 1. The maximum atomic E-state index is 13.4. The number of carbonyl (C=O) groups is 2. The summed E-state index contributed by atoms with van der Waals surface area (Å²) in [5.41, 5.74) is 0.764. The molecule has 1 aromatic rings. The molecule has 0 aliphatic carbocycles. The van der Waals surface area contributed by atoms with Gasteiger partial charge in [-0.25, -0.2) is 4.39 Å². The fourth-order valence-corrected chi connectivity index (χ4v) is 2.61. The predicted octanol–water partition coefficient (Wildman–Crippen LogP) is 1.64. The van der Waals surface area contributed by atoms with Crippen molar-refractivity contribution in [1.82, 2.24) is 15.5 Å². The van der Waals surface area contributed by atoms with Crippen LogP contribution in [0.4, 0.5) is 4.39 Å². The molecule has 0 bridgehead atoms. The highest BCUT2D eigenvalue weighted by atomic mass is 35.5. The molecule has 1 aromatic carbocycles. The van der Waals surface area contributed by atoms with Crippen LogP contribution in [-0.4, -0.2) is 42.9 Å². The van der Waals surface area contributed by atoms with Crippen LogP contribution in [0.2, 0.25) is 0 Å².